The Kier molecular flexibility index (Phi) is 6.56. The van der Waals surface area contributed by atoms with Crippen LogP contribution in [0.1, 0.15) is 23.1 Å². The number of hydrogen-bond donors (Lipinski definition) is 0. The Labute approximate surface area is 187 Å². The molecule has 0 unspecified atom stereocenters. The summed E-state index contributed by atoms with van der Waals surface area (Å²) in [5, 5.41) is 10.7. The van der Waals surface area contributed by atoms with Crippen molar-refractivity contribution in [2.24, 2.45) is 0 Å². The Morgan fingerprint density at radius 3 is 2.37 bits per heavy atom. The van der Waals surface area contributed by atoms with Crippen molar-refractivity contribution < 1.29 is 0 Å². The molecule has 3 aromatic carbocycles. The van der Waals surface area contributed by atoms with E-state index in [9.17, 15) is 0 Å². The molecule has 0 N–H and O–H groups in total. The predicted octanol–water partition coefficient (Wildman–Crippen LogP) is 6.93. The number of rotatable bonds is 7. The molecule has 0 aliphatic carbocycles. The van der Waals surface area contributed by atoms with E-state index in [1.807, 2.05) is 24.3 Å². The zero-order chi connectivity index (χ0) is 20.9. The average Bonchev–Trinajstić information content (AvgIpc) is 3.18. The predicted molar refractivity (Wildman–Crippen MR) is 127 cm³/mol. The van der Waals surface area contributed by atoms with Gasteiger partial charge >= 0.3 is 0 Å². The molecule has 0 atom stereocenters. The molecule has 0 saturated carbocycles. The summed E-state index contributed by atoms with van der Waals surface area (Å²) >= 11 is 7.84. The van der Waals surface area contributed by atoms with E-state index in [0.29, 0.717) is 5.02 Å². The summed E-state index contributed by atoms with van der Waals surface area (Å²) < 4.78 is 2.16. The third-order valence-electron chi connectivity index (χ3n) is 5.17. The van der Waals surface area contributed by atoms with Crippen LogP contribution in [0.3, 0.4) is 0 Å². The van der Waals surface area contributed by atoms with Gasteiger partial charge in [-0.3, -0.25) is 4.57 Å². The first-order valence-corrected chi connectivity index (χ1v) is 11.4. The molecule has 5 heteroatoms. The van der Waals surface area contributed by atoms with E-state index >= 15 is 0 Å². The SMILES string of the molecule is Cc1ccc(-n2c(SCCCc3ccccc3)nnc2-c2ccc(Cl)cc2)cc1C. The quantitative estimate of drug-likeness (QED) is 0.234. The van der Waals surface area contributed by atoms with Gasteiger partial charge in [0, 0.05) is 16.3 Å². The van der Waals surface area contributed by atoms with Crippen molar-refractivity contribution in [1.29, 1.82) is 0 Å². The van der Waals surface area contributed by atoms with E-state index in [1.54, 1.807) is 11.8 Å². The van der Waals surface area contributed by atoms with Gasteiger partial charge < -0.3 is 0 Å². The van der Waals surface area contributed by atoms with Gasteiger partial charge in [0.05, 0.1) is 5.69 Å². The van der Waals surface area contributed by atoms with Crippen LogP contribution < -0.4 is 0 Å². The van der Waals surface area contributed by atoms with E-state index in [4.69, 9.17) is 11.6 Å². The molecule has 152 valence electrons. The van der Waals surface area contributed by atoms with Crippen LogP contribution in [0.5, 0.6) is 0 Å². The lowest BCUT2D eigenvalue weighted by molar-refractivity contribution is 0.874. The number of aryl methyl sites for hydroxylation is 3. The first-order valence-electron chi connectivity index (χ1n) is 10.1. The third-order valence-corrected chi connectivity index (χ3v) is 6.44. The molecule has 30 heavy (non-hydrogen) atoms. The molecule has 1 heterocycles. The summed E-state index contributed by atoms with van der Waals surface area (Å²) in [5.74, 6) is 1.82. The topological polar surface area (TPSA) is 30.7 Å². The van der Waals surface area contributed by atoms with Gasteiger partial charge in [-0.1, -0.05) is 59.8 Å². The molecule has 0 aliphatic heterocycles. The summed E-state index contributed by atoms with van der Waals surface area (Å²) in [6, 6.07) is 24.9. The van der Waals surface area contributed by atoms with Gasteiger partial charge in [-0.25, -0.2) is 0 Å². The molecular weight excluding hydrogens is 410 g/mol. The van der Waals surface area contributed by atoms with E-state index in [0.717, 1.165) is 40.8 Å². The summed E-state index contributed by atoms with van der Waals surface area (Å²) in [7, 11) is 0. The first kappa shape index (κ1) is 20.7. The molecular formula is C25H24ClN3S. The van der Waals surface area contributed by atoms with Crippen molar-refractivity contribution in [2.75, 3.05) is 5.75 Å². The Morgan fingerprint density at radius 1 is 0.867 bits per heavy atom. The van der Waals surface area contributed by atoms with Crippen LogP contribution in [0.4, 0.5) is 0 Å². The van der Waals surface area contributed by atoms with Crippen LogP contribution in [0.25, 0.3) is 17.1 Å². The third kappa shape index (κ3) is 4.77. The minimum Gasteiger partial charge on any atom is -0.270 e. The maximum atomic E-state index is 6.09. The Hall–Kier alpha value is -2.56. The van der Waals surface area contributed by atoms with Crippen molar-refractivity contribution >= 4 is 23.4 Å². The average molecular weight is 434 g/mol. The lowest BCUT2D eigenvalue weighted by atomic mass is 10.1. The smallest absolute Gasteiger partial charge is 0.196 e. The number of benzene rings is 3. The summed E-state index contributed by atoms with van der Waals surface area (Å²) in [6.45, 7) is 4.27. The van der Waals surface area contributed by atoms with Gasteiger partial charge in [-0.15, -0.1) is 10.2 Å². The van der Waals surface area contributed by atoms with E-state index < -0.39 is 0 Å². The molecule has 4 aromatic rings. The number of nitrogens with zero attached hydrogens (tertiary/aromatic N) is 3. The van der Waals surface area contributed by atoms with Gasteiger partial charge in [-0.2, -0.15) is 0 Å². The number of hydrogen-bond acceptors (Lipinski definition) is 3. The standard InChI is InChI=1S/C25H24ClN3S/c1-18-10-15-23(17-19(18)2)29-24(21-11-13-22(26)14-12-21)27-28-25(29)30-16-6-9-20-7-4-3-5-8-20/h3-5,7-8,10-15,17H,6,9,16H2,1-2H3. The Balaban J connectivity index is 1.61. The lowest BCUT2D eigenvalue weighted by Crippen LogP contribution is -2.01. The van der Waals surface area contributed by atoms with Crippen molar-refractivity contribution in [1.82, 2.24) is 14.8 Å². The summed E-state index contributed by atoms with van der Waals surface area (Å²) in [4.78, 5) is 0. The monoisotopic (exact) mass is 433 g/mol. The highest BCUT2D eigenvalue weighted by atomic mass is 35.5. The first-order chi connectivity index (χ1) is 14.6. The second-order valence-corrected chi connectivity index (χ2v) is 8.85. The van der Waals surface area contributed by atoms with E-state index in [1.165, 1.54) is 16.7 Å². The molecule has 0 amide bonds. The van der Waals surface area contributed by atoms with Gasteiger partial charge in [0.25, 0.3) is 0 Å². The van der Waals surface area contributed by atoms with Crippen LogP contribution in [-0.4, -0.2) is 20.5 Å². The normalized spacial score (nSPS) is 11.0. The number of thioether (sulfide) groups is 1. The summed E-state index contributed by atoms with van der Waals surface area (Å²) in [5.41, 5.74) is 5.98. The fourth-order valence-electron chi connectivity index (χ4n) is 3.33. The van der Waals surface area contributed by atoms with Crippen molar-refractivity contribution in [3.05, 3.63) is 94.5 Å². The fourth-order valence-corrected chi connectivity index (χ4v) is 4.35. The number of aromatic nitrogens is 3. The number of halogens is 1. The molecule has 4 rings (SSSR count). The van der Waals surface area contributed by atoms with Crippen LogP contribution >= 0.6 is 23.4 Å². The highest BCUT2D eigenvalue weighted by molar-refractivity contribution is 7.99. The molecule has 3 nitrogen and oxygen atoms in total. The minimum absolute atomic E-state index is 0.714. The zero-order valence-electron chi connectivity index (χ0n) is 17.2. The van der Waals surface area contributed by atoms with Gasteiger partial charge in [0.1, 0.15) is 0 Å². The highest BCUT2D eigenvalue weighted by Gasteiger charge is 2.16. The van der Waals surface area contributed by atoms with Crippen LogP contribution in [0.2, 0.25) is 5.02 Å². The molecule has 0 saturated heterocycles. The van der Waals surface area contributed by atoms with Gasteiger partial charge in [0.15, 0.2) is 11.0 Å². The maximum Gasteiger partial charge on any atom is 0.196 e. The Bertz CT molecular complexity index is 1120. The van der Waals surface area contributed by atoms with Gasteiger partial charge in [0.2, 0.25) is 0 Å². The Morgan fingerprint density at radius 2 is 1.63 bits per heavy atom. The van der Waals surface area contributed by atoms with Crippen LogP contribution in [0, 0.1) is 13.8 Å². The summed E-state index contributed by atoms with van der Waals surface area (Å²) in [6.07, 6.45) is 2.15. The highest BCUT2D eigenvalue weighted by Crippen LogP contribution is 2.30. The van der Waals surface area contributed by atoms with E-state index in [2.05, 4.69) is 77.1 Å². The second-order valence-electron chi connectivity index (χ2n) is 7.35. The van der Waals surface area contributed by atoms with Crippen LogP contribution in [0.15, 0.2) is 78.0 Å². The molecule has 0 fully saturated rings. The molecule has 0 spiro atoms. The van der Waals surface area contributed by atoms with E-state index in [-0.39, 0.29) is 0 Å². The second kappa shape index (κ2) is 9.50. The maximum absolute atomic E-state index is 6.09. The minimum atomic E-state index is 0.714. The van der Waals surface area contributed by atoms with Crippen molar-refractivity contribution in [3.8, 4) is 17.1 Å². The zero-order valence-corrected chi connectivity index (χ0v) is 18.7. The van der Waals surface area contributed by atoms with Crippen molar-refractivity contribution in [3.63, 3.8) is 0 Å². The van der Waals surface area contributed by atoms with Crippen molar-refractivity contribution in [2.45, 2.75) is 31.8 Å². The fraction of sp³-hybridized carbons (Fsp3) is 0.200. The molecule has 0 bridgehead atoms. The largest absolute Gasteiger partial charge is 0.270 e. The molecule has 1 aromatic heterocycles. The lowest BCUT2D eigenvalue weighted by Gasteiger charge is -2.12. The molecule has 0 radical (unpaired) electrons. The van der Waals surface area contributed by atoms with Gasteiger partial charge in [-0.05, 0) is 79.8 Å². The molecule has 0 aliphatic rings. The van der Waals surface area contributed by atoms with Crippen LogP contribution in [-0.2, 0) is 6.42 Å².